The molecule has 0 aliphatic heterocycles. The van der Waals surface area contributed by atoms with Crippen LogP contribution < -0.4 is 0 Å². The molecule has 0 saturated heterocycles. The van der Waals surface area contributed by atoms with Crippen LogP contribution in [0.3, 0.4) is 0 Å². The lowest BCUT2D eigenvalue weighted by Gasteiger charge is -2.21. The molecule has 80 heavy (non-hydrogen) atoms. The highest BCUT2D eigenvalue weighted by Crippen LogP contribution is 2.45. The number of carbonyl (C=O) groups excluding carboxylic acids is 4. The quantitative estimate of drug-likeness (QED) is 0.0222. The van der Waals surface area contributed by atoms with E-state index in [-0.39, 0.29) is 25.7 Å². The second kappa shape index (κ2) is 55.0. The van der Waals surface area contributed by atoms with Crippen molar-refractivity contribution in [3.8, 4) is 0 Å². The Morgan fingerprint density at radius 2 is 0.575 bits per heavy atom. The van der Waals surface area contributed by atoms with Crippen LogP contribution in [-0.2, 0) is 65.4 Å². The average Bonchev–Trinajstić information content (AvgIpc) is 3.42. The summed E-state index contributed by atoms with van der Waals surface area (Å²) in [6.45, 7) is 7.07. The molecule has 0 amide bonds. The van der Waals surface area contributed by atoms with Crippen LogP contribution >= 0.6 is 15.6 Å². The van der Waals surface area contributed by atoms with E-state index in [0.717, 1.165) is 109 Å². The minimum absolute atomic E-state index is 0.104. The number of hydrogen-bond acceptors (Lipinski definition) is 15. The van der Waals surface area contributed by atoms with Gasteiger partial charge < -0.3 is 33.8 Å². The van der Waals surface area contributed by atoms with Crippen molar-refractivity contribution >= 4 is 39.5 Å². The van der Waals surface area contributed by atoms with Gasteiger partial charge in [0.15, 0.2) is 12.2 Å². The third-order valence-corrected chi connectivity index (χ3v) is 15.9. The molecule has 0 aromatic rings. The largest absolute Gasteiger partial charge is 0.472 e. The summed E-state index contributed by atoms with van der Waals surface area (Å²) in [6, 6.07) is 0. The number of aliphatic hydroxyl groups is 1. The van der Waals surface area contributed by atoms with Crippen LogP contribution in [0.25, 0.3) is 0 Å². The van der Waals surface area contributed by atoms with Crippen LogP contribution in [0.5, 0.6) is 0 Å². The molecule has 0 rings (SSSR count). The first-order chi connectivity index (χ1) is 38.5. The van der Waals surface area contributed by atoms with Crippen LogP contribution in [0.15, 0.2) is 0 Å². The fraction of sp³-hybridized carbons (Fsp3) is 0.934. The standard InChI is InChI=1S/C61H118O17P2/c1-6-9-12-15-17-19-27-31-35-40-45-59(64)72-51-57(78-61(66)47-42-37-32-28-25-23-21-20-22-24-26-29-34-38-43-54(4)5)53-76-80(69,70)74-49-55(62)48-73-79(67,68)75-52-56(50-71-58(63)44-39-33-14-11-8-3)77-60(65)46-41-36-30-18-16-13-10-7-2/h54-57,62H,6-53H2,1-5H3,(H,67,68)(H,69,70)/t55-,56+,57+/m0/s1. The van der Waals surface area contributed by atoms with Crippen molar-refractivity contribution in [2.75, 3.05) is 39.6 Å². The molecule has 0 aliphatic rings. The van der Waals surface area contributed by atoms with Gasteiger partial charge in [-0.25, -0.2) is 9.13 Å². The molecule has 0 saturated carbocycles. The number of aliphatic hydroxyl groups excluding tert-OH is 1. The van der Waals surface area contributed by atoms with Gasteiger partial charge in [0.05, 0.1) is 26.4 Å². The summed E-state index contributed by atoms with van der Waals surface area (Å²) in [4.78, 5) is 71.7. The molecule has 0 radical (unpaired) electrons. The smallest absolute Gasteiger partial charge is 0.462 e. The first-order valence-corrected chi connectivity index (χ1v) is 35.1. The molecule has 0 bridgehead atoms. The third-order valence-electron chi connectivity index (χ3n) is 14.0. The number of ether oxygens (including phenoxy) is 4. The van der Waals surface area contributed by atoms with E-state index >= 15 is 0 Å². The summed E-state index contributed by atoms with van der Waals surface area (Å²) in [5.74, 6) is -1.35. The van der Waals surface area contributed by atoms with Gasteiger partial charge in [0.2, 0.25) is 0 Å². The zero-order valence-corrected chi connectivity index (χ0v) is 53.0. The van der Waals surface area contributed by atoms with E-state index < -0.39 is 97.5 Å². The van der Waals surface area contributed by atoms with E-state index in [9.17, 15) is 43.2 Å². The molecule has 0 aliphatic carbocycles. The molecular formula is C61H118O17P2. The molecule has 0 heterocycles. The van der Waals surface area contributed by atoms with Gasteiger partial charge in [-0.1, -0.05) is 253 Å². The molecule has 3 N–H and O–H groups in total. The summed E-state index contributed by atoms with van der Waals surface area (Å²) in [6.07, 6.45) is 38.0. The van der Waals surface area contributed by atoms with Crippen molar-refractivity contribution < 1.29 is 80.2 Å². The van der Waals surface area contributed by atoms with Crippen molar-refractivity contribution in [3.63, 3.8) is 0 Å². The number of phosphoric ester groups is 2. The molecule has 0 fully saturated rings. The maximum Gasteiger partial charge on any atom is 0.472 e. The molecule has 0 aromatic heterocycles. The number of rotatable bonds is 61. The van der Waals surface area contributed by atoms with E-state index in [4.69, 9.17) is 37.0 Å². The van der Waals surface area contributed by atoms with Crippen molar-refractivity contribution in [2.45, 2.75) is 323 Å². The van der Waals surface area contributed by atoms with E-state index in [2.05, 4.69) is 34.6 Å². The summed E-state index contributed by atoms with van der Waals surface area (Å²) in [5.41, 5.74) is 0. The Bertz CT molecular complexity index is 1570. The van der Waals surface area contributed by atoms with Crippen LogP contribution in [0, 0.1) is 5.92 Å². The monoisotopic (exact) mass is 1180 g/mol. The van der Waals surface area contributed by atoms with E-state index in [0.29, 0.717) is 25.7 Å². The van der Waals surface area contributed by atoms with Crippen molar-refractivity contribution in [3.05, 3.63) is 0 Å². The molecule has 2 unspecified atom stereocenters. The molecule has 0 spiro atoms. The van der Waals surface area contributed by atoms with Gasteiger partial charge in [0.25, 0.3) is 0 Å². The fourth-order valence-electron chi connectivity index (χ4n) is 9.05. The van der Waals surface area contributed by atoms with E-state index in [1.54, 1.807) is 0 Å². The Morgan fingerprint density at radius 1 is 0.338 bits per heavy atom. The van der Waals surface area contributed by atoms with Crippen molar-refractivity contribution in [1.82, 2.24) is 0 Å². The van der Waals surface area contributed by atoms with Crippen LogP contribution in [0.2, 0.25) is 0 Å². The zero-order valence-electron chi connectivity index (χ0n) is 51.2. The third kappa shape index (κ3) is 55.3. The molecular weight excluding hydrogens is 1070 g/mol. The molecule has 19 heteroatoms. The number of unbranched alkanes of at least 4 members (excludes halogenated alkanes) is 33. The Hall–Kier alpha value is -1.94. The second-order valence-electron chi connectivity index (χ2n) is 22.6. The predicted octanol–water partition coefficient (Wildman–Crippen LogP) is 16.6. The number of carbonyl (C=O) groups is 4. The summed E-state index contributed by atoms with van der Waals surface area (Å²) in [7, 11) is -9.87. The van der Waals surface area contributed by atoms with Gasteiger partial charge in [-0.2, -0.15) is 0 Å². The minimum atomic E-state index is -4.94. The highest BCUT2D eigenvalue weighted by atomic mass is 31.2. The number of hydrogen-bond donors (Lipinski definition) is 3. The molecule has 17 nitrogen and oxygen atoms in total. The van der Waals surface area contributed by atoms with E-state index in [1.165, 1.54) is 116 Å². The highest BCUT2D eigenvalue weighted by Gasteiger charge is 2.30. The maximum absolute atomic E-state index is 12.9. The van der Waals surface area contributed by atoms with Gasteiger partial charge in [0.1, 0.15) is 19.3 Å². The number of esters is 4. The van der Waals surface area contributed by atoms with Gasteiger partial charge in [-0.05, 0) is 31.6 Å². The van der Waals surface area contributed by atoms with Crippen LogP contribution in [0.1, 0.15) is 304 Å². The van der Waals surface area contributed by atoms with Crippen molar-refractivity contribution in [2.24, 2.45) is 5.92 Å². The van der Waals surface area contributed by atoms with Crippen LogP contribution in [-0.4, -0.2) is 96.7 Å². The lowest BCUT2D eigenvalue weighted by molar-refractivity contribution is -0.161. The van der Waals surface area contributed by atoms with Gasteiger partial charge in [-0.3, -0.25) is 37.3 Å². The van der Waals surface area contributed by atoms with Gasteiger partial charge in [0, 0.05) is 25.7 Å². The lowest BCUT2D eigenvalue weighted by atomic mass is 10.0. The minimum Gasteiger partial charge on any atom is -0.462 e. The molecule has 5 atom stereocenters. The first kappa shape index (κ1) is 78.1. The predicted molar refractivity (Wildman–Crippen MR) is 317 cm³/mol. The topological polar surface area (TPSA) is 237 Å². The van der Waals surface area contributed by atoms with E-state index in [1.807, 2.05) is 0 Å². The Labute approximate surface area is 486 Å². The van der Waals surface area contributed by atoms with Gasteiger partial charge >= 0.3 is 39.5 Å². The Balaban J connectivity index is 5.13. The SMILES string of the molecule is CCCCCCCCCCCCC(=O)OC[C@H](COP(=O)(O)OC[C@@H](O)COP(=O)(O)OC[C@@H](COC(=O)CCCCCCC)OC(=O)CCCCCCCCCC)OC(=O)CCCCCCCCCCCCCCCCC(C)C. The lowest BCUT2D eigenvalue weighted by Crippen LogP contribution is -2.30. The number of phosphoric acid groups is 2. The maximum atomic E-state index is 12.9. The summed E-state index contributed by atoms with van der Waals surface area (Å²) >= 11 is 0. The zero-order chi connectivity index (χ0) is 59.2. The second-order valence-corrected chi connectivity index (χ2v) is 25.5. The molecule has 474 valence electrons. The Morgan fingerprint density at radius 3 is 0.850 bits per heavy atom. The van der Waals surface area contributed by atoms with Crippen LogP contribution in [0.4, 0.5) is 0 Å². The molecule has 0 aromatic carbocycles. The summed E-state index contributed by atoms with van der Waals surface area (Å²) in [5, 5.41) is 10.5. The van der Waals surface area contributed by atoms with Gasteiger partial charge in [-0.15, -0.1) is 0 Å². The highest BCUT2D eigenvalue weighted by molar-refractivity contribution is 7.47. The normalized spacial score (nSPS) is 14.3. The average molecular weight is 1190 g/mol. The Kier molecular flexibility index (Phi) is 53.6. The summed E-state index contributed by atoms with van der Waals surface area (Å²) < 4.78 is 67.6. The fourth-order valence-corrected chi connectivity index (χ4v) is 10.6. The van der Waals surface area contributed by atoms with Crippen molar-refractivity contribution in [1.29, 1.82) is 0 Å². The first-order valence-electron chi connectivity index (χ1n) is 32.1.